The lowest BCUT2D eigenvalue weighted by Gasteiger charge is -2.10. The van der Waals surface area contributed by atoms with Crippen LogP contribution < -0.4 is 5.32 Å². The predicted molar refractivity (Wildman–Crippen MR) is 143 cm³/mol. The van der Waals surface area contributed by atoms with Gasteiger partial charge in [-0.2, -0.15) is 0 Å². The number of aromatic nitrogens is 1. The van der Waals surface area contributed by atoms with Crippen LogP contribution >= 0.6 is 8.58 Å². The summed E-state index contributed by atoms with van der Waals surface area (Å²) in [6.07, 6.45) is 17.6. The zero-order valence-electron chi connectivity index (χ0n) is 21.0. The Morgan fingerprint density at radius 2 is 1.71 bits per heavy atom. The molecule has 0 radical (unpaired) electrons. The van der Waals surface area contributed by atoms with Crippen molar-refractivity contribution in [1.82, 2.24) is 10.3 Å². The topological polar surface area (TPSA) is 49.6 Å². The van der Waals surface area contributed by atoms with Crippen LogP contribution in [0.1, 0.15) is 85.1 Å². The third-order valence-electron chi connectivity index (χ3n) is 4.68. The molecule has 1 rings (SSSR count). The molecule has 0 aromatic carbocycles. The van der Waals surface area contributed by atoms with E-state index in [-0.39, 0.29) is 0 Å². The predicted octanol–water partition coefficient (Wildman–Crippen LogP) is 7.53. The molecule has 4 nitrogen and oxygen atoms in total. The van der Waals surface area contributed by atoms with E-state index in [2.05, 4.69) is 53.8 Å². The molecule has 0 saturated heterocycles. The molecular formula is C26H45N4P. The molecule has 31 heavy (non-hydrogen) atoms. The van der Waals surface area contributed by atoms with Crippen LogP contribution in [0.4, 0.5) is 0 Å². The number of allylic oxidation sites excluding steroid dienone is 4. The van der Waals surface area contributed by atoms with Gasteiger partial charge in [0.25, 0.3) is 0 Å². The van der Waals surface area contributed by atoms with E-state index in [0.29, 0.717) is 15.1 Å². The lowest BCUT2D eigenvalue weighted by atomic mass is 10.1. The number of aliphatic imine (C=N–C) groups is 2. The van der Waals surface area contributed by atoms with E-state index in [0.717, 1.165) is 22.7 Å². The van der Waals surface area contributed by atoms with Crippen LogP contribution in [0.2, 0.25) is 0 Å². The van der Waals surface area contributed by atoms with Crippen LogP contribution in [-0.2, 0) is 6.54 Å². The number of hydrogen-bond acceptors (Lipinski definition) is 4. The van der Waals surface area contributed by atoms with Gasteiger partial charge >= 0.3 is 0 Å². The molecule has 174 valence electrons. The second-order valence-corrected chi connectivity index (χ2v) is 8.75. The molecule has 0 aliphatic carbocycles. The molecule has 1 atom stereocenters. The molecule has 0 saturated carbocycles. The van der Waals surface area contributed by atoms with Crippen molar-refractivity contribution in [2.24, 2.45) is 9.98 Å². The Balaban J connectivity index is 0.000000842. The van der Waals surface area contributed by atoms with Gasteiger partial charge in [0.05, 0.1) is 6.54 Å². The molecule has 0 spiro atoms. The molecule has 1 unspecified atom stereocenters. The fourth-order valence-corrected chi connectivity index (χ4v) is 3.67. The van der Waals surface area contributed by atoms with E-state index < -0.39 is 0 Å². The number of nitrogens with one attached hydrogen (secondary N) is 1. The van der Waals surface area contributed by atoms with Crippen LogP contribution in [0.5, 0.6) is 0 Å². The quantitative estimate of drug-likeness (QED) is 0.194. The molecule has 0 bridgehead atoms. The van der Waals surface area contributed by atoms with Gasteiger partial charge in [-0.1, -0.05) is 73.4 Å². The number of rotatable bonds is 13. The van der Waals surface area contributed by atoms with Crippen molar-refractivity contribution in [3.63, 3.8) is 0 Å². The maximum absolute atomic E-state index is 4.56. The van der Waals surface area contributed by atoms with Crippen molar-refractivity contribution in [3.8, 4) is 0 Å². The van der Waals surface area contributed by atoms with Gasteiger partial charge in [-0.25, -0.2) is 0 Å². The van der Waals surface area contributed by atoms with Crippen molar-refractivity contribution in [2.75, 3.05) is 13.7 Å². The highest BCUT2D eigenvalue weighted by Gasteiger charge is 1.99. The van der Waals surface area contributed by atoms with Crippen LogP contribution in [-0.4, -0.2) is 30.6 Å². The normalized spacial score (nSPS) is 13.4. The summed E-state index contributed by atoms with van der Waals surface area (Å²) in [5, 5.41) is 4.64. The average molecular weight is 445 g/mol. The lowest BCUT2D eigenvalue weighted by Crippen LogP contribution is -2.11. The van der Waals surface area contributed by atoms with Crippen LogP contribution in [0.15, 0.2) is 57.3 Å². The molecule has 0 amide bonds. The van der Waals surface area contributed by atoms with E-state index in [1.807, 2.05) is 38.4 Å². The third-order valence-corrected chi connectivity index (χ3v) is 5.73. The summed E-state index contributed by atoms with van der Waals surface area (Å²) >= 11 is 0. The van der Waals surface area contributed by atoms with Crippen LogP contribution in [0.3, 0.4) is 0 Å². The van der Waals surface area contributed by atoms with Crippen molar-refractivity contribution in [2.45, 2.75) is 86.1 Å². The lowest BCUT2D eigenvalue weighted by molar-refractivity contribution is 0.602. The molecule has 5 heteroatoms. The molecule has 1 heterocycles. The van der Waals surface area contributed by atoms with Gasteiger partial charge < -0.3 is 5.32 Å². The second kappa shape index (κ2) is 20.1. The van der Waals surface area contributed by atoms with Gasteiger partial charge in [0.2, 0.25) is 0 Å². The first kappa shape index (κ1) is 29.2. The Bertz CT molecular complexity index is 685. The standard InChI is InChI=1S/C17H25N4P.C9H20/c1-13(20-11-16-7-6-8-19-10-16)9-14(2)21-15(3)17(22-5)12-18-4;1-3-5-7-9-8-6-4-2/h6-10,12,21-22H,11H2,1-5H3;3-9H2,1-2H3/b14-9-,17-15-,18-12?,20-13?;. The molecular weight excluding hydrogens is 399 g/mol. The minimum absolute atomic E-state index is 0.655. The summed E-state index contributed by atoms with van der Waals surface area (Å²) in [4.78, 5) is 12.8. The van der Waals surface area contributed by atoms with Gasteiger partial charge in [-0.05, 0) is 45.1 Å². The summed E-state index contributed by atoms with van der Waals surface area (Å²) in [5.41, 5.74) is 4.32. The summed E-state index contributed by atoms with van der Waals surface area (Å²) in [5.74, 6) is 0. The van der Waals surface area contributed by atoms with E-state index >= 15 is 0 Å². The fraction of sp³-hybridized carbons (Fsp3) is 0.577. The van der Waals surface area contributed by atoms with Crippen molar-refractivity contribution in [1.29, 1.82) is 0 Å². The Kier molecular flexibility index (Phi) is 19.0. The van der Waals surface area contributed by atoms with Gasteiger partial charge in [-0.3, -0.25) is 15.0 Å². The van der Waals surface area contributed by atoms with Crippen molar-refractivity contribution in [3.05, 3.63) is 52.9 Å². The molecule has 1 aromatic rings. The third kappa shape index (κ3) is 16.6. The molecule has 1 N–H and O–H groups in total. The summed E-state index contributed by atoms with van der Waals surface area (Å²) in [7, 11) is 2.51. The Labute approximate surface area is 193 Å². The minimum atomic E-state index is 0.655. The maximum Gasteiger partial charge on any atom is 0.0657 e. The molecule has 0 aliphatic rings. The van der Waals surface area contributed by atoms with Crippen molar-refractivity contribution >= 4 is 20.5 Å². The summed E-state index contributed by atoms with van der Waals surface area (Å²) < 4.78 is 0. The van der Waals surface area contributed by atoms with E-state index in [1.165, 1.54) is 50.3 Å². The first-order valence-electron chi connectivity index (χ1n) is 11.6. The summed E-state index contributed by atoms with van der Waals surface area (Å²) in [6.45, 7) is 13.5. The smallest absolute Gasteiger partial charge is 0.0657 e. The zero-order valence-corrected chi connectivity index (χ0v) is 22.0. The minimum Gasteiger partial charge on any atom is -0.362 e. The fourth-order valence-electron chi connectivity index (χ4n) is 2.97. The molecule has 1 aromatic heterocycles. The van der Waals surface area contributed by atoms with E-state index in [9.17, 15) is 0 Å². The highest BCUT2D eigenvalue weighted by Crippen LogP contribution is 2.20. The zero-order chi connectivity index (χ0) is 23.3. The van der Waals surface area contributed by atoms with Gasteiger partial charge in [0.1, 0.15) is 0 Å². The second-order valence-electron chi connectivity index (χ2n) is 7.71. The maximum atomic E-state index is 4.56. The molecule has 0 aliphatic heterocycles. The number of nitrogens with zero attached hydrogens (tertiary/aromatic N) is 3. The highest BCUT2D eigenvalue weighted by atomic mass is 31.1. The van der Waals surface area contributed by atoms with Gasteiger partial charge in [0.15, 0.2) is 0 Å². The largest absolute Gasteiger partial charge is 0.362 e. The monoisotopic (exact) mass is 444 g/mol. The summed E-state index contributed by atoms with van der Waals surface area (Å²) in [6, 6.07) is 3.96. The first-order valence-corrected chi connectivity index (χ1v) is 13.1. The average Bonchev–Trinajstić information content (AvgIpc) is 2.77. The van der Waals surface area contributed by atoms with E-state index in [4.69, 9.17) is 0 Å². The number of hydrogen-bond donors (Lipinski definition) is 1. The SMILES string of the molecule is CCCCCCCCC.CN=C/C(PC)=C(\C)N/C(C)=C\C(C)=NCc1cccnc1. The van der Waals surface area contributed by atoms with E-state index in [1.54, 1.807) is 13.2 Å². The van der Waals surface area contributed by atoms with Crippen molar-refractivity contribution < 1.29 is 0 Å². The number of pyridine rings is 1. The first-order chi connectivity index (χ1) is 15.0. The van der Waals surface area contributed by atoms with Crippen LogP contribution in [0.25, 0.3) is 0 Å². The Hall–Kier alpha value is -1.80. The van der Waals surface area contributed by atoms with Gasteiger partial charge in [-0.15, -0.1) is 0 Å². The number of unbranched alkanes of at least 4 members (excludes halogenated alkanes) is 6. The molecule has 0 fully saturated rings. The Morgan fingerprint density at radius 3 is 2.23 bits per heavy atom. The van der Waals surface area contributed by atoms with Crippen LogP contribution in [0, 0.1) is 0 Å². The van der Waals surface area contributed by atoms with Gasteiger partial charge in [0, 0.05) is 48.1 Å². The highest BCUT2D eigenvalue weighted by molar-refractivity contribution is 7.43. The Morgan fingerprint density at radius 1 is 1.06 bits per heavy atom.